The predicted molar refractivity (Wildman–Crippen MR) is 233 cm³/mol. The van der Waals surface area contributed by atoms with Crippen LogP contribution >= 0.6 is 0 Å². The fourth-order valence-electron chi connectivity index (χ4n) is 6.62. The fourth-order valence-corrected chi connectivity index (χ4v) is 6.62. The van der Waals surface area contributed by atoms with Crippen LogP contribution in [0.25, 0.3) is 0 Å². The molecule has 4 aromatic carbocycles. The van der Waals surface area contributed by atoms with Crippen molar-refractivity contribution in [2.45, 2.75) is 26.1 Å². The molecule has 0 aliphatic heterocycles. The molecule has 5 aromatic rings. The minimum Gasteiger partial charge on any atom is -0.491 e. The molecule has 0 fully saturated rings. The zero-order chi connectivity index (χ0) is 43.9. The summed E-state index contributed by atoms with van der Waals surface area (Å²) in [5, 5.41) is 68.9. The molecule has 0 spiro atoms. The molecule has 1 aromatic heterocycles. The molecule has 0 radical (unpaired) electrons. The predicted octanol–water partition coefficient (Wildman–Crippen LogP) is 1.94. The van der Waals surface area contributed by atoms with Crippen molar-refractivity contribution in [3.8, 4) is 23.0 Å². The Kier molecular flexibility index (Phi) is 19.7. The van der Waals surface area contributed by atoms with Crippen molar-refractivity contribution < 1.29 is 54.7 Å². The maximum atomic E-state index is 10.5. The number of aromatic nitrogens is 3. The number of benzene rings is 4. The van der Waals surface area contributed by atoms with E-state index in [1.807, 2.05) is 78.9 Å². The summed E-state index contributed by atoms with van der Waals surface area (Å²) in [5.74, 6) is 2.85. The highest BCUT2D eigenvalue weighted by molar-refractivity contribution is 5.51. The van der Waals surface area contributed by atoms with Gasteiger partial charge in [0.25, 0.3) is 0 Å². The van der Waals surface area contributed by atoms with Gasteiger partial charge >= 0.3 is 0 Å². The molecule has 0 bridgehead atoms. The number of anilines is 3. The summed E-state index contributed by atoms with van der Waals surface area (Å²) in [6.45, 7) is -0.0364. The van der Waals surface area contributed by atoms with Gasteiger partial charge in [0.1, 0.15) is 49.4 Å². The molecule has 0 aliphatic carbocycles. The summed E-state index contributed by atoms with van der Waals surface area (Å²) in [4.78, 5) is 20.2. The van der Waals surface area contributed by atoms with Gasteiger partial charge in [-0.3, -0.25) is 0 Å². The molecular weight excluding hydrogens is 801 g/mol. The van der Waals surface area contributed by atoms with Crippen LogP contribution in [0.5, 0.6) is 23.0 Å². The number of nitrogens with zero attached hydrogens (tertiary/aromatic N) is 6. The Morgan fingerprint density at radius 2 is 0.774 bits per heavy atom. The first kappa shape index (κ1) is 47.3. The maximum Gasteiger partial charge on any atom is 0.232 e. The molecular formula is C45H58N6O11. The highest BCUT2D eigenvalue weighted by Gasteiger charge is 2.24. The molecule has 0 atom stereocenters. The quantitative estimate of drug-likeness (QED) is 0.0365. The Morgan fingerprint density at radius 3 is 1.21 bits per heavy atom. The van der Waals surface area contributed by atoms with Crippen LogP contribution in [0.15, 0.2) is 91.0 Å². The summed E-state index contributed by atoms with van der Waals surface area (Å²) in [6, 6.07) is 28.1. The molecule has 334 valence electrons. The average molecular weight is 859 g/mol. The molecule has 0 unspecified atom stereocenters. The van der Waals surface area contributed by atoms with Crippen LogP contribution in [0, 0.1) is 0 Å². The first-order valence-electron chi connectivity index (χ1n) is 20.6. The highest BCUT2D eigenvalue weighted by Crippen LogP contribution is 2.30. The number of rotatable bonds is 29. The van der Waals surface area contributed by atoms with Crippen molar-refractivity contribution in [1.82, 2.24) is 15.0 Å². The van der Waals surface area contributed by atoms with Crippen LogP contribution in [-0.2, 0) is 26.1 Å². The minimum absolute atomic E-state index is 0.0565. The van der Waals surface area contributed by atoms with Crippen molar-refractivity contribution in [1.29, 1.82) is 0 Å². The van der Waals surface area contributed by atoms with Gasteiger partial charge in [-0.15, -0.1) is 0 Å². The Hall–Kier alpha value is -5.79. The van der Waals surface area contributed by atoms with Crippen molar-refractivity contribution in [2.24, 2.45) is 0 Å². The standard InChI is InChI=1S/C45H58N6O11/c52-18-15-49(31-36-5-1-3-7-40(36)60-26-22-56)43-46-44(50(16-19-53)32-37-6-2-4-8-41(37)61-27-23-57)48-45(47-43)51(17-20-54)33-38-30-35(11-14-42(38)62-28-24-58)29-34-9-12-39(13-10-34)59-25-21-55/h1-14,30,52-58H,15-29,31-33H2. The average Bonchev–Trinajstić information content (AvgIpc) is 3.30. The van der Waals surface area contributed by atoms with E-state index >= 15 is 0 Å². The maximum absolute atomic E-state index is 10.5. The topological polar surface area (TPSA) is 227 Å². The van der Waals surface area contributed by atoms with Crippen LogP contribution < -0.4 is 33.6 Å². The summed E-state index contributed by atoms with van der Waals surface area (Å²) >= 11 is 0. The third-order valence-electron chi connectivity index (χ3n) is 9.45. The van der Waals surface area contributed by atoms with Crippen LogP contribution in [0.4, 0.5) is 17.8 Å². The van der Waals surface area contributed by atoms with Gasteiger partial charge in [0.2, 0.25) is 17.8 Å². The monoisotopic (exact) mass is 858 g/mol. The van der Waals surface area contributed by atoms with E-state index in [0.717, 1.165) is 27.8 Å². The summed E-state index contributed by atoms with van der Waals surface area (Å²) < 4.78 is 23.2. The van der Waals surface area contributed by atoms with E-state index in [-0.39, 0.29) is 130 Å². The Labute approximate surface area is 361 Å². The van der Waals surface area contributed by atoms with Crippen LogP contribution in [0.2, 0.25) is 0 Å². The van der Waals surface area contributed by atoms with E-state index in [9.17, 15) is 30.6 Å². The van der Waals surface area contributed by atoms with Crippen molar-refractivity contribution >= 4 is 17.8 Å². The van der Waals surface area contributed by atoms with Gasteiger partial charge < -0.3 is 69.4 Å². The molecule has 0 aliphatic rings. The molecule has 1 heterocycles. The van der Waals surface area contributed by atoms with E-state index in [1.54, 1.807) is 26.8 Å². The number of hydrogen-bond acceptors (Lipinski definition) is 17. The van der Waals surface area contributed by atoms with Crippen LogP contribution in [0.3, 0.4) is 0 Å². The van der Waals surface area contributed by atoms with E-state index in [2.05, 4.69) is 0 Å². The zero-order valence-electron chi connectivity index (χ0n) is 34.8. The Morgan fingerprint density at radius 1 is 0.387 bits per heavy atom. The number of aliphatic hydroxyl groups is 7. The molecule has 7 N–H and O–H groups in total. The van der Waals surface area contributed by atoms with Crippen molar-refractivity contribution in [3.05, 3.63) is 119 Å². The van der Waals surface area contributed by atoms with Gasteiger partial charge in [0.15, 0.2) is 0 Å². The third kappa shape index (κ3) is 14.1. The third-order valence-corrected chi connectivity index (χ3v) is 9.45. The summed E-state index contributed by atoms with van der Waals surface area (Å²) in [7, 11) is 0. The van der Waals surface area contributed by atoms with Crippen LogP contribution in [-0.4, -0.2) is 143 Å². The molecule has 5 rings (SSSR count). The molecule has 0 saturated heterocycles. The lowest BCUT2D eigenvalue weighted by Gasteiger charge is -2.29. The fraction of sp³-hybridized carbons (Fsp3) is 0.400. The lowest BCUT2D eigenvalue weighted by Crippen LogP contribution is -2.34. The molecule has 17 nitrogen and oxygen atoms in total. The Balaban J connectivity index is 1.59. The van der Waals surface area contributed by atoms with E-state index in [0.29, 0.717) is 29.4 Å². The summed E-state index contributed by atoms with van der Waals surface area (Å²) in [5.41, 5.74) is 4.23. The van der Waals surface area contributed by atoms with Gasteiger partial charge in [-0.05, 0) is 53.9 Å². The van der Waals surface area contributed by atoms with Gasteiger partial charge in [0, 0.05) is 56.0 Å². The molecule has 62 heavy (non-hydrogen) atoms. The van der Waals surface area contributed by atoms with E-state index in [1.165, 1.54) is 0 Å². The Bertz CT molecular complexity index is 1980. The van der Waals surface area contributed by atoms with Gasteiger partial charge in [0.05, 0.1) is 46.2 Å². The number of hydrogen-bond donors (Lipinski definition) is 7. The van der Waals surface area contributed by atoms with Crippen molar-refractivity contribution in [3.63, 3.8) is 0 Å². The second-order valence-electron chi connectivity index (χ2n) is 13.9. The molecule has 0 amide bonds. The number of para-hydroxylation sites is 2. The normalized spacial score (nSPS) is 11.0. The second kappa shape index (κ2) is 25.9. The number of ether oxygens (including phenoxy) is 4. The lowest BCUT2D eigenvalue weighted by atomic mass is 10.0. The van der Waals surface area contributed by atoms with Gasteiger partial charge in [-0.2, -0.15) is 15.0 Å². The van der Waals surface area contributed by atoms with Gasteiger partial charge in [-0.25, -0.2) is 0 Å². The summed E-state index contributed by atoms with van der Waals surface area (Å²) in [6.07, 6.45) is 0.576. The first-order chi connectivity index (χ1) is 30.4. The van der Waals surface area contributed by atoms with Gasteiger partial charge in [-0.1, -0.05) is 54.6 Å². The SMILES string of the molecule is OCCOc1ccc(Cc2ccc(OCCO)c(CN(CCO)c3nc(N(CCO)Cc4ccccc4OCCO)nc(N(CCO)Cc4ccccc4OCCO)n3)c2)cc1. The lowest BCUT2D eigenvalue weighted by molar-refractivity contribution is 0.200. The second-order valence-corrected chi connectivity index (χ2v) is 13.9. The largest absolute Gasteiger partial charge is 0.491 e. The van der Waals surface area contributed by atoms with E-state index in [4.69, 9.17) is 39.0 Å². The highest BCUT2D eigenvalue weighted by atomic mass is 16.5. The zero-order valence-corrected chi connectivity index (χ0v) is 34.8. The molecule has 0 saturated carbocycles. The first-order valence-corrected chi connectivity index (χ1v) is 20.6. The van der Waals surface area contributed by atoms with Crippen LogP contribution in [0.1, 0.15) is 27.8 Å². The van der Waals surface area contributed by atoms with E-state index < -0.39 is 0 Å². The van der Waals surface area contributed by atoms with Crippen molar-refractivity contribution in [2.75, 3.05) is 107 Å². The minimum atomic E-state index is -0.264. The smallest absolute Gasteiger partial charge is 0.232 e. The molecule has 17 heteroatoms. The number of aliphatic hydroxyl groups excluding tert-OH is 7.